The van der Waals surface area contributed by atoms with Crippen LogP contribution in [0.1, 0.15) is 6.92 Å². The van der Waals surface area contributed by atoms with Crippen LogP contribution >= 0.6 is 15.9 Å². The molecule has 0 radical (unpaired) electrons. The first kappa shape index (κ1) is 5.89. The lowest BCUT2D eigenvalue weighted by atomic mass is 10.3. The number of allylic oxidation sites excluding steroid dienone is 3. The van der Waals surface area contributed by atoms with E-state index in [1.807, 2.05) is 6.08 Å². The third kappa shape index (κ3) is 1.37. The normalized spacial score (nSPS) is 18.8. The van der Waals surface area contributed by atoms with Gasteiger partial charge in [0.2, 0.25) is 0 Å². The Hall–Kier alpha value is -0.240. The minimum atomic E-state index is 0.933. The first-order chi connectivity index (χ1) is 3.79. The molecule has 1 heterocycles. The Morgan fingerprint density at radius 2 is 2.38 bits per heavy atom. The van der Waals surface area contributed by atoms with Crippen molar-refractivity contribution < 1.29 is 0 Å². The van der Waals surface area contributed by atoms with E-state index in [2.05, 4.69) is 34.2 Å². The molecule has 1 N–H and O–H groups in total. The molecule has 1 aliphatic rings. The zero-order valence-electron chi connectivity index (χ0n) is 4.74. The van der Waals surface area contributed by atoms with E-state index < -0.39 is 0 Å². The Bertz CT molecular complexity index is 129. The zero-order valence-corrected chi connectivity index (χ0v) is 6.33. The number of dihydropyridines is 1. The van der Waals surface area contributed by atoms with E-state index in [4.69, 9.17) is 0 Å². The van der Waals surface area contributed by atoms with E-state index in [0.717, 1.165) is 6.54 Å². The molecule has 44 valence electrons. The summed E-state index contributed by atoms with van der Waals surface area (Å²) in [7, 11) is 0. The third-order valence-electron chi connectivity index (χ3n) is 1.05. The molecule has 1 aliphatic heterocycles. The van der Waals surface area contributed by atoms with Crippen LogP contribution in [0, 0.1) is 0 Å². The van der Waals surface area contributed by atoms with E-state index in [1.165, 1.54) is 10.2 Å². The second-order valence-corrected chi connectivity index (χ2v) is 2.84. The van der Waals surface area contributed by atoms with Gasteiger partial charge in [-0.1, -0.05) is 15.9 Å². The minimum absolute atomic E-state index is 0.933. The molecule has 0 aromatic carbocycles. The standard InChI is InChI=1S/C6H8BrN/c1-5-2-3-6(7)4-8-5/h2-3,8H,4H2,1H3. The highest BCUT2D eigenvalue weighted by atomic mass is 79.9. The van der Waals surface area contributed by atoms with E-state index in [1.54, 1.807) is 0 Å². The van der Waals surface area contributed by atoms with Crippen LogP contribution in [0.15, 0.2) is 22.3 Å². The SMILES string of the molecule is CC1=CC=C(Br)CN1. The largest absolute Gasteiger partial charge is 0.384 e. The van der Waals surface area contributed by atoms with Crippen LogP contribution in [0.4, 0.5) is 0 Å². The number of halogens is 1. The molecule has 0 amide bonds. The highest BCUT2D eigenvalue weighted by molar-refractivity contribution is 9.11. The van der Waals surface area contributed by atoms with Gasteiger partial charge in [0.1, 0.15) is 0 Å². The van der Waals surface area contributed by atoms with Crippen molar-refractivity contribution in [2.24, 2.45) is 0 Å². The Balaban J connectivity index is 2.65. The zero-order chi connectivity index (χ0) is 5.98. The lowest BCUT2D eigenvalue weighted by molar-refractivity contribution is 0.885. The molecule has 8 heavy (non-hydrogen) atoms. The maximum Gasteiger partial charge on any atom is 0.0463 e. The van der Waals surface area contributed by atoms with Crippen molar-refractivity contribution in [1.82, 2.24) is 5.32 Å². The van der Waals surface area contributed by atoms with Crippen molar-refractivity contribution in [2.45, 2.75) is 6.92 Å². The Kier molecular flexibility index (Phi) is 1.73. The van der Waals surface area contributed by atoms with E-state index in [-0.39, 0.29) is 0 Å². The van der Waals surface area contributed by atoms with Gasteiger partial charge in [0.25, 0.3) is 0 Å². The molecule has 0 aliphatic carbocycles. The summed E-state index contributed by atoms with van der Waals surface area (Å²) in [6.45, 7) is 2.98. The Labute approximate surface area is 57.6 Å². The van der Waals surface area contributed by atoms with Crippen molar-refractivity contribution in [2.75, 3.05) is 6.54 Å². The molecule has 0 unspecified atom stereocenters. The van der Waals surface area contributed by atoms with Crippen molar-refractivity contribution >= 4 is 15.9 Å². The van der Waals surface area contributed by atoms with Crippen LogP contribution in [0.5, 0.6) is 0 Å². The van der Waals surface area contributed by atoms with Crippen LogP contribution in [-0.2, 0) is 0 Å². The highest BCUT2D eigenvalue weighted by Gasteiger charge is 1.95. The van der Waals surface area contributed by atoms with Gasteiger partial charge in [-0.25, -0.2) is 0 Å². The fraction of sp³-hybridized carbons (Fsp3) is 0.333. The fourth-order valence-electron chi connectivity index (χ4n) is 0.557. The van der Waals surface area contributed by atoms with Gasteiger partial charge < -0.3 is 5.32 Å². The van der Waals surface area contributed by atoms with Gasteiger partial charge in [-0.05, 0) is 19.1 Å². The van der Waals surface area contributed by atoms with Crippen molar-refractivity contribution in [3.8, 4) is 0 Å². The highest BCUT2D eigenvalue weighted by Crippen LogP contribution is 2.08. The number of hydrogen-bond donors (Lipinski definition) is 1. The van der Waals surface area contributed by atoms with Crippen LogP contribution in [-0.4, -0.2) is 6.54 Å². The average Bonchev–Trinajstić information content (AvgIpc) is 1.77. The van der Waals surface area contributed by atoms with Gasteiger partial charge in [-0.2, -0.15) is 0 Å². The van der Waals surface area contributed by atoms with Crippen molar-refractivity contribution in [1.29, 1.82) is 0 Å². The topological polar surface area (TPSA) is 12.0 Å². The number of hydrogen-bond acceptors (Lipinski definition) is 1. The Morgan fingerprint density at radius 1 is 1.62 bits per heavy atom. The van der Waals surface area contributed by atoms with Crippen molar-refractivity contribution in [3.05, 3.63) is 22.3 Å². The summed E-state index contributed by atoms with van der Waals surface area (Å²) in [4.78, 5) is 0. The molecule has 0 spiro atoms. The maximum absolute atomic E-state index is 3.37. The molecule has 0 fully saturated rings. The molecule has 0 bridgehead atoms. The summed E-state index contributed by atoms with van der Waals surface area (Å²) >= 11 is 3.37. The van der Waals surface area contributed by atoms with E-state index in [0.29, 0.717) is 0 Å². The molecule has 0 saturated carbocycles. The van der Waals surface area contributed by atoms with Gasteiger partial charge in [0, 0.05) is 16.7 Å². The first-order valence-corrected chi connectivity index (χ1v) is 3.35. The van der Waals surface area contributed by atoms with Gasteiger partial charge >= 0.3 is 0 Å². The Morgan fingerprint density at radius 3 is 2.75 bits per heavy atom. The second kappa shape index (κ2) is 2.35. The molecule has 2 heteroatoms. The summed E-state index contributed by atoms with van der Waals surface area (Å²) in [5, 5.41) is 3.18. The lowest BCUT2D eigenvalue weighted by Crippen LogP contribution is -2.14. The van der Waals surface area contributed by atoms with E-state index in [9.17, 15) is 0 Å². The van der Waals surface area contributed by atoms with Crippen LogP contribution in [0.2, 0.25) is 0 Å². The average molecular weight is 174 g/mol. The number of nitrogens with one attached hydrogen (secondary N) is 1. The predicted molar refractivity (Wildman–Crippen MR) is 38.8 cm³/mol. The fourth-order valence-corrected chi connectivity index (χ4v) is 0.829. The summed E-state index contributed by atoms with van der Waals surface area (Å²) in [6, 6.07) is 0. The molecular formula is C6H8BrN. The van der Waals surface area contributed by atoms with E-state index >= 15 is 0 Å². The smallest absolute Gasteiger partial charge is 0.0463 e. The molecule has 0 aromatic rings. The predicted octanol–water partition coefficient (Wildman–Crippen LogP) is 1.77. The minimum Gasteiger partial charge on any atom is -0.384 e. The molecule has 0 saturated heterocycles. The third-order valence-corrected chi connectivity index (χ3v) is 1.59. The first-order valence-electron chi connectivity index (χ1n) is 2.56. The quantitative estimate of drug-likeness (QED) is 0.590. The molecule has 0 aromatic heterocycles. The second-order valence-electron chi connectivity index (χ2n) is 1.82. The summed E-state index contributed by atoms with van der Waals surface area (Å²) in [5.74, 6) is 0. The van der Waals surface area contributed by atoms with Crippen LogP contribution < -0.4 is 5.32 Å². The maximum atomic E-state index is 3.37. The molecule has 0 atom stereocenters. The van der Waals surface area contributed by atoms with Crippen molar-refractivity contribution in [3.63, 3.8) is 0 Å². The molecular weight excluding hydrogens is 166 g/mol. The van der Waals surface area contributed by atoms with Crippen LogP contribution in [0.3, 0.4) is 0 Å². The monoisotopic (exact) mass is 173 g/mol. The summed E-state index contributed by atoms with van der Waals surface area (Å²) in [5.41, 5.74) is 1.23. The van der Waals surface area contributed by atoms with Gasteiger partial charge in [0.05, 0.1) is 0 Å². The van der Waals surface area contributed by atoms with Gasteiger partial charge in [-0.15, -0.1) is 0 Å². The molecule has 1 nitrogen and oxygen atoms in total. The molecule has 1 rings (SSSR count). The summed E-state index contributed by atoms with van der Waals surface area (Å²) < 4.78 is 1.21. The lowest BCUT2D eigenvalue weighted by Gasteiger charge is -2.08. The number of rotatable bonds is 0. The van der Waals surface area contributed by atoms with Gasteiger partial charge in [-0.3, -0.25) is 0 Å². The van der Waals surface area contributed by atoms with Crippen LogP contribution in [0.25, 0.3) is 0 Å². The summed E-state index contributed by atoms with van der Waals surface area (Å²) in [6.07, 6.45) is 4.11. The van der Waals surface area contributed by atoms with Gasteiger partial charge in [0.15, 0.2) is 0 Å².